The summed E-state index contributed by atoms with van der Waals surface area (Å²) in [5, 5.41) is 6.58. The number of benzene rings is 2. The molecule has 0 fully saturated rings. The molecule has 1 N–H and O–H groups in total. The second-order valence-corrected chi connectivity index (χ2v) is 5.25. The molecule has 2 rings (SSSR count). The lowest BCUT2D eigenvalue weighted by molar-refractivity contribution is -0.121. The summed E-state index contributed by atoms with van der Waals surface area (Å²) < 4.78 is 0. The second kappa shape index (κ2) is 7.58. The number of hydrogen-bond acceptors (Lipinski definition) is 2. The summed E-state index contributed by atoms with van der Waals surface area (Å²) in [6, 6.07) is 14.4. The van der Waals surface area contributed by atoms with Gasteiger partial charge in [0.1, 0.15) is 0 Å². The third-order valence-electron chi connectivity index (χ3n) is 3.52. The highest BCUT2D eigenvalue weighted by Gasteiger charge is 2.02. The molecule has 0 saturated heterocycles. The molecule has 2 aromatic carbocycles. The van der Waals surface area contributed by atoms with Crippen LogP contribution in [0.25, 0.3) is 10.8 Å². The third-order valence-corrected chi connectivity index (χ3v) is 3.52. The number of fused-ring (bicyclic) bond motifs is 1. The number of amides is 1. The fourth-order valence-electron chi connectivity index (χ4n) is 2.22. The molecular weight excluding hydrogens is 260 g/mol. The van der Waals surface area contributed by atoms with Gasteiger partial charge in [0.25, 0.3) is 0 Å². The summed E-state index contributed by atoms with van der Waals surface area (Å²) in [7, 11) is 0. The molecule has 0 unspecified atom stereocenters. The molecule has 0 radical (unpaired) electrons. The molecule has 0 atom stereocenters. The molecular formula is C18H22N2O. The summed E-state index contributed by atoms with van der Waals surface area (Å²) >= 11 is 0. The van der Waals surface area contributed by atoms with Crippen molar-refractivity contribution < 1.29 is 4.79 Å². The summed E-state index contributed by atoms with van der Waals surface area (Å²) in [5.74, 6) is -0.0106. The van der Waals surface area contributed by atoms with Crippen molar-refractivity contribution in [3.63, 3.8) is 0 Å². The number of nitrogens with one attached hydrogen (secondary N) is 1. The van der Waals surface area contributed by atoms with E-state index in [0.29, 0.717) is 6.42 Å². The molecule has 0 aliphatic rings. The molecule has 1 amide bonds. The third kappa shape index (κ3) is 4.42. The highest BCUT2D eigenvalue weighted by atomic mass is 16.2. The van der Waals surface area contributed by atoms with E-state index in [2.05, 4.69) is 41.7 Å². The Labute approximate surface area is 126 Å². The van der Waals surface area contributed by atoms with Gasteiger partial charge in [-0.05, 0) is 35.7 Å². The maximum atomic E-state index is 11.6. The van der Waals surface area contributed by atoms with Gasteiger partial charge in [0, 0.05) is 6.42 Å². The van der Waals surface area contributed by atoms with Gasteiger partial charge in [-0.3, -0.25) is 4.79 Å². The van der Waals surface area contributed by atoms with E-state index in [1.165, 1.54) is 10.8 Å². The number of unbranched alkanes of at least 4 members (excludes halogenated alkanes) is 2. The predicted molar refractivity (Wildman–Crippen MR) is 88.4 cm³/mol. The van der Waals surface area contributed by atoms with Crippen molar-refractivity contribution in [2.24, 2.45) is 5.10 Å². The molecule has 0 bridgehead atoms. The Morgan fingerprint density at radius 1 is 1.10 bits per heavy atom. The van der Waals surface area contributed by atoms with Gasteiger partial charge in [0.15, 0.2) is 0 Å². The minimum atomic E-state index is -0.0106. The van der Waals surface area contributed by atoms with Crippen molar-refractivity contribution in [2.75, 3.05) is 0 Å². The lowest BCUT2D eigenvalue weighted by Crippen LogP contribution is -2.18. The molecule has 2 aromatic rings. The average Bonchev–Trinajstić information content (AvgIpc) is 2.52. The quantitative estimate of drug-likeness (QED) is 0.480. The Kier molecular flexibility index (Phi) is 5.50. The lowest BCUT2D eigenvalue weighted by Gasteiger charge is -2.04. The van der Waals surface area contributed by atoms with Crippen molar-refractivity contribution in [3.8, 4) is 0 Å². The van der Waals surface area contributed by atoms with Crippen molar-refractivity contribution in [1.82, 2.24) is 5.43 Å². The van der Waals surface area contributed by atoms with Crippen LogP contribution >= 0.6 is 0 Å². The minimum Gasteiger partial charge on any atom is -0.273 e. The number of carbonyl (C=O) groups is 1. The first kappa shape index (κ1) is 15.2. The van der Waals surface area contributed by atoms with Gasteiger partial charge in [0.05, 0.1) is 5.71 Å². The molecule has 110 valence electrons. The van der Waals surface area contributed by atoms with Crippen LogP contribution in [0.4, 0.5) is 0 Å². The maximum absolute atomic E-state index is 11.6. The predicted octanol–water partition coefficient (Wildman–Crippen LogP) is 4.26. The molecule has 0 saturated carbocycles. The molecule has 0 aliphatic heterocycles. The highest BCUT2D eigenvalue weighted by Crippen LogP contribution is 2.16. The summed E-state index contributed by atoms with van der Waals surface area (Å²) in [6.45, 7) is 4.04. The molecule has 21 heavy (non-hydrogen) atoms. The van der Waals surface area contributed by atoms with Gasteiger partial charge in [-0.25, -0.2) is 5.43 Å². The Bertz CT molecular complexity index is 646. The first-order chi connectivity index (χ1) is 10.2. The van der Waals surface area contributed by atoms with Crippen LogP contribution < -0.4 is 5.43 Å². The minimum absolute atomic E-state index is 0.0106. The van der Waals surface area contributed by atoms with Gasteiger partial charge in [-0.1, -0.05) is 56.2 Å². The molecule has 3 heteroatoms. The first-order valence-electron chi connectivity index (χ1n) is 7.53. The normalized spacial score (nSPS) is 11.6. The summed E-state index contributed by atoms with van der Waals surface area (Å²) in [4.78, 5) is 11.6. The van der Waals surface area contributed by atoms with Gasteiger partial charge < -0.3 is 0 Å². The first-order valence-corrected chi connectivity index (χ1v) is 7.53. The van der Waals surface area contributed by atoms with Crippen LogP contribution in [0.3, 0.4) is 0 Å². The smallest absolute Gasteiger partial charge is 0.240 e. The zero-order valence-electron chi connectivity index (χ0n) is 12.7. The largest absolute Gasteiger partial charge is 0.273 e. The van der Waals surface area contributed by atoms with E-state index in [1.54, 1.807) is 0 Å². The Balaban J connectivity index is 2.01. The summed E-state index contributed by atoms with van der Waals surface area (Å²) in [5.41, 5.74) is 4.49. The topological polar surface area (TPSA) is 41.5 Å². The van der Waals surface area contributed by atoms with Crippen molar-refractivity contribution in [2.45, 2.75) is 39.5 Å². The Hall–Kier alpha value is -2.16. The van der Waals surface area contributed by atoms with Crippen LogP contribution in [0.15, 0.2) is 47.6 Å². The average molecular weight is 282 g/mol. The number of rotatable bonds is 6. The molecule has 0 heterocycles. The lowest BCUT2D eigenvalue weighted by atomic mass is 10.0. The van der Waals surface area contributed by atoms with Crippen LogP contribution in [0.5, 0.6) is 0 Å². The van der Waals surface area contributed by atoms with Crippen LogP contribution in [0, 0.1) is 0 Å². The van der Waals surface area contributed by atoms with E-state index in [9.17, 15) is 4.79 Å². The van der Waals surface area contributed by atoms with Crippen molar-refractivity contribution in [1.29, 1.82) is 0 Å². The summed E-state index contributed by atoms with van der Waals surface area (Å²) in [6.07, 6.45) is 3.67. The number of carbonyl (C=O) groups excluding carboxylic acids is 1. The van der Waals surface area contributed by atoms with E-state index in [0.717, 1.165) is 30.5 Å². The second-order valence-electron chi connectivity index (χ2n) is 5.25. The van der Waals surface area contributed by atoms with Crippen molar-refractivity contribution in [3.05, 3.63) is 48.0 Å². The fraction of sp³-hybridized carbons (Fsp3) is 0.333. The Morgan fingerprint density at radius 3 is 2.62 bits per heavy atom. The maximum Gasteiger partial charge on any atom is 0.240 e. The zero-order valence-corrected chi connectivity index (χ0v) is 12.7. The number of hydrazone groups is 1. The van der Waals surface area contributed by atoms with E-state index in [-0.39, 0.29) is 5.91 Å². The SMILES string of the molecule is CCCCCC(=O)N/N=C(/C)c1ccc2ccccc2c1. The molecule has 0 spiro atoms. The fourth-order valence-corrected chi connectivity index (χ4v) is 2.22. The van der Waals surface area contributed by atoms with Gasteiger partial charge >= 0.3 is 0 Å². The van der Waals surface area contributed by atoms with E-state index in [1.807, 2.05) is 25.1 Å². The van der Waals surface area contributed by atoms with Gasteiger partial charge in [-0.2, -0.15) is 5.10 Å². The monoisotopic (exact) mass is 282 g/mol. The standard InChI is InChI=1S/C18H22N2O/c1-3-4-5-10-18(21)20-19-14(2)16-12-11-15-8-6-7-9-17(15)13-16/h6-9,11-13H,3-5,10H2,1-2H3,(H,20,21)/b19-14-. The van der Waals surface area contributed by atoms with E-state index < -0.39 is 0 Å². The van der Waals surface area contributed by atoms with Gasteiger partial charge in [-0.15, -0.1) is 0 Å². The molecule has 0 aliphatic carbocycles. The highest BCUT2D eigenvalue weighted by molar-refractivity contribution is 6.02. The number of nitrogens with zero attached hydrogens (tertiary/aromatic N) is 1. The van der Waals surface area contributed by atoms with Crippen LogP contribution in [0.2, 0.25) is 0 Å². The van der Waals surface area contributed by atoms with E-state index >= 15 is 0 Å². The number of hydrogen-bond donors (Lipinski definition) is 1. The van der Waals surface area contributed by atoms with Crippen LogP contribution in [0.1, 0.15) is 45.1 Å². The zero-order chi connectivity index (χ0) is 15.1. The van der Waals surface area contributed by atoms with Crippen LogP contribution in [-0.2, 0) is 4.79 Å². The van der Waals surface area contributed by atoms with Crippen LogP contribution in [-0.4, -0.2) is 11.6 Å². The van der Waals surface area contributed by atoms with E-state index in [4.69, 9.17) is 0 Å². The molecule has 3 nitrogen and oxygen atoms in total. The molecule has 0 aromatic heterocycles. The Morgan fingerprint density at radius 2 is 1.86 bits per heavy atom. The van der Waals surface area contributed by atoms with Crippen molar-refractivity contribution >= 4 is 22.4 Å². The van der Waals surface area contributed by atoms with Gasteiger partial charge in [0.2, 0.25) is 5.91 Å².